The third kappa shape index (κ3) is 1.38. The van der Waals surface area contributed by atoms with Gasteiger partial charge in [0.05, 0.1) is 5.60 Å². The maximum Gasteiger partial charge on any atom is 0.0802 e. The molecule has 0 aromatic rings. The van der Waals surface area contributed by atoms with Gasteiger partial charge in [0.25, 0.3) is 0 Å². The van der Waals surface area contributed by atoms with Crippen molar-refractivity contribution in [3.8, 4) is 0 Å². The van der Waals surface area contributed by atoms with E-state index in [2.05, 4.69) is 19.2 Å². The molecular formula is C10H19NO. The molecule has 2 fully saturated rings. The average Bonchev–Trinajstić information content (AvgIpc) is 2.72. The summed E-state index contributed by atoms with van der Waals surface area (Å²) in [6, 6.07) is 0.492. The van der Waals surface area contributed by atoms with Gasteiger partial charge >= 0.3 is 0 Å². The van der Waals surface area contributed by atoms with Crippen LogP contribution in [0.1, 0.15) is 33.1 Å². The molecule has 2 nitrogen and oxygen atoms in total. The summed E-state index contributed by atoms with van der Waals surface area (Å²) < 4.78 is 0. The van der Waals surface area contributed by atoms with E-state index in [0.29, 0.717) is 12.0 Å². The number of rotatable bonds is 3. The maximum absolute atomic E-state index is 10.2. The molecule has 0 aromatic carbocycles. The fourth-order valence-corrected chi connectivity index (χ4v) is 2.45. The highest BCUT2D eigenvalue weighted by Crippen LogP contribution is 2.57. The zero-order chi connectivity index (χ0) is 8.77. The Morgan fingerprint density at radius 3 is 2.75 bits per heavy atom. The smallest absolute Gasteiger partial charge is 0.0802 e. The Bertz CT molecular complexity index is 181. The van der Waals surface area contributed by atoms with E-state index in [-0.39, 0.29) is 5.60 Å². The minimum atomic E-state index is -0.352. The number of aliphatic hydroxyl groups is 1. The molecule has 2 rings (SSSR count). The highest BCUT2D eigenvalue weighted by atomic mass is 16.3. The van der Waals surface area contributed by atoms with E-state index in [9.17, 15) is 5.11 Å². The molecular weight excluding hydrogens is 150 g/mol. The normalized spacial score (nSPS) is 45.0. The van der Waals surface area contributed by atoms with Crippen LogP contribution in [0.25, 0.3) is 0 Å². The van der Waals surface area contributed by atoms with Gasteiger partial charge in [0.1, 0.15) is 0 Å². The van der Waals surface area contributed by atoms with Crippen molar-refractivity contribution < 1.29 is 5.11 Å². The number of fused-ring (bicyclic) bond motifs is 1. The van der Waals surface area contributed by atoms with Crippen LogP contribution in [0.2, 0.25) is 0 Å². The van der Waals surface area contributed by atoms with Gasteiger partial charge in [0.2, 0.25) is 0 Å². The van der Waals surface area contributed by atoms with Crippen LogP contribution < -0.4 is 5.32 Å². The van der Waals surface area contributed by atoms with E-state index in [0.717, 1.165) is 18.9 Å². The fourth-order valence-electron chi connectivity index (χ4n) is 2.45. The van der Waals surface area contributed by atoms with Gasteiger partial charge in [0, 0.05) is 12.6 Å². The third-order valence-corrected chi connectivity index (χ3v) is 3.38. The molecule has 0 amide bonds. The van der Waals surface area contributed by atoms with Crippen molar-refractivity contribution in [2.75, 3.05) is 6.54 Å². The molecule has 3 unspecified atom stereocenters. The van der Waals surface area contributed by atoms with Gasteiger partial charge in [-0.1, -0.05) is 13.8 Å². The Kier molecular flexibility index (Phi) is 1.92. The van der Waals surface area contributed by atoms with Gasteiger partial charge in [0.15, 0.2) is 0 Å². The molecule has 3 atom stereocenters. The predicted octanol–water partition coefficient (Wildman–Crippen LogP) is 1.15. The van der Waals surface area contributed by atoms with Crippen LogP contribution in [0, 0.1) is 11.8 Å². The summed E-state index contributed by atoms with van der Waals surface area (Å²) in [5.41, 5.74) is -0.352. The molecule has 0 heterocycles. The van der Waals surface area contributed by atoms with E-state index < -0.39 is 0 Å². The summed E-state index contributed by atoms with van der Waals surface area (Å²) in [4.78, 5) is 0. The lowest BCUT2D eigenvalue weighted by Crippen LogP contribution is -2.43. The second-order valence-corrected chi connectivity index (χ2v) is 4.78. The van der Waals surface area contributed by atoms with E-state index >= 15 is 0 Å². The van der Waals surface area contributed by atoms with E-state index in [1.54, 1.807) is 0 Å². The zero-order valence-electron chi connectivity index (χ0n) is 8.01. The molecule has 0 aliphatic heterocycles. The quantitative estimate of drug-likeness (QED) is 0.664. The number of hydrogen-bond acceptors (Lipinski definition) is 2. The number of hydrogen-bond donors (Lipinski definition) is 2. The van der Waals surface area contributed by atoms with E-state index in [4.69, 9.17) is 0 Å². The monoisotopic (exact) mass is 169 g/mol. The summed E-state index contributed by atoms with van der Waals surface area (Å²) in [6.45, 7) is 5.05. The molecule has 0 spiro atoms. The van der Waals surface area contributed by atoms with Crippen LogP contribution in [0.15, 0.2) is 0 Å². The zero-order valence-corrected chi connectivity index (χ0v) is 8.01. The highest BCUT2D eigenvalue weighted by Gasteiger charge is 2.56. The Morgan fingerprint density at radius 2 is 2.33 bits per heavy atom. The fraction of sp³-hybridized carbons (Fsp3) is 1.00. The van der Waals surface area contributed by atoms with E-state index in [1.165, 1.54) is 12.8 Å². The summed E-state index contributed by atoms with van der Waals surface area (Å²) in [5, 5.41) is 13.5. The van der Waals surface area contributed by atoms with Crippen molar-refractivity contribution in [3.63, 3.8) is 0 Å². The lowest BCUT2D eigenvalue weighted by atomic mass is 9.97. The van der Waals surface area contributed by atoms with Gasteiger partial charge in [-0.15, -0.1) is 0 Å². The van der Waals surface area contributed by atoms with E-state index in [1.807, 2.05) is 0 Å². The standard InChI is InChI=1S/C10H19NO/c1-7(2)11-6-10(12)4-3-8-5-9(8)10/h7-9,11-12H,3-6H2,1-2H3. The van der Waals surface area contributed by atoms with Gasteiger partial charge in [-0.2, -0.15) is 0 Å². The topological polar surface area (TPSA) is 32.3 Å². The first-order chi connectivity index (χ1) is 5.62. The van der Waals surface area contributed by atoms with Crippen LogP contribution in [0.5, 0.6) is 0 Å². The van der Waals surface area contributed by atoms with Crippen molar-refractivity contribution in [3.05, 3.63) is 0 Å². The summed E-state index contributed by atoms with van der Waals surface area (Å²) in [6.07, 6.45) is 3.54. The van der Waals surface area contributed by atoms with Crippen LogP contribution >= 0.6 is 0 Å². The largest absolute Gasteiger partial charge is 0.388 e. The lowest BCUT2D eigenvalue weighted by molar-refractivity contribution is 0.0237. The molecule has 2 aliphatic carbocycles. The molecule has 2 heteroatoms. The third-order valence-electron chi connectivity index (χ3n) is 3.38. The maximum atomic E-state index is 10.2. The molecule has 70 valence electrons. The molecule has 0 saturated heterocycles. The van der Waals surface area contributed by atoms with Crippen LogP contribution in [0.4, 0.5) is 0 Å². The average molecular weight is 169 g/mol. The van der Waals surface area contributed by atoms with Crippen LogP contribution in [-0.4, -0.2) is 23.3 Å². The Balaban J connectivity index is 1.85. The minimum absolute atomic E-state index is 0.352. The van der Waals surface area contributed by atoms with Gasteiger partial charge in [-0.3, -0.25) is 0 Å². The summed E-state index contributed by atoms with van der Waals surface area (Å²) in [7, 11) is 0. The SMILES string of the molecule is CC(C)NCC1(O)CCC2CC21. The highest BCUT2D eigenvalue weighted by molar-refractivity contribution is 5.08. The van der Waals surface area contributed by atoms with Gasteiger partial charge in [-0.05, 0) is 31.1 Å². The Labute approximate surface area is 74.4 Å². The molecule has 0 aromatic heterocycles. The Hall–Kier alpha value is -0.0800. The first-order valence-electron chi connectivity index (χ1n) is 5.07. The predicted molar refractivity (Wildman–Crippen MR) is 48.9 cm³/mol. The first-order valence-corrected chi connectivity index (χ1v) is 5.07. The van der Waals surface area contributed by atoms with Gasteiger partial charge < -0.3 is 10.4 Å². The Morgan fingerprint density at radius 1 is 1.58 bits per heavy atom. The van der Waals surface area contributed by atoms with Crippen molar-refractivity contribution in [2.24, 2.45) is 11.8 Å². The lowest BCUT2D eigenvalue weighted by Gasteiger charge is -2.26. The summed E-state index contributed by atoms with van der Waals surface area (Å²) in [5.74, 6) is 1.49. The van der Waals surface area contributed by atoms with Crippen molar-refractivity contribution in [2.45, 2.75) is 44.8 Å². The molecule has 0 radical (unpaired) electrons. The first kappa shape index (κ1) is 8.52. The molecule has 2 N–H and O–H groups in total. The molecule has 2 saturated carbocycles. The van der Waals surface area contributed by atoms with Crippen molar-refractivity contribution >= 4 is 0 Å². The number of nitrogens with one attached hydrogen (secondary N) is 1. The minimum Gasteiger partial charge on any atom is -0.388 e. The summed E-state index contributed by atoms with van der Waals surface area (Å²) >= 11 is 0. The van der Waals surface area contributed by atoms with Crippen molar-refractivity contribution in [1.29, 1.82) is 0 Å². The van der Waals surface area contributed by atoms with Crippen molar-refractivity contribution in [1.82, 2.24) is 5.32 Å². The van der Waals surface area contributed by atoms with Crippen LogP contribution in [-0.2, 0) is 0 Å². The second-order valence-electron chi connectivity index (χ2n) is 4.78. The van der Waals surface area contributed by atoms with Crippen LogP contribution in [0.3, 0.4) is 0 Å². The molecule has 0 bridgehead atoms. The molecule has 12 heavy (non-hydrogen) atoms. The van der Waals surface area contributed by atoms with Gasteiger partial charge in [-0.25, -0.2) is 0 Å². The molecule has 2 aliphatic rings. The second kappa shape index (κ2) is 2.71.